The molecule has 2 nitrogen and oxygen atoms in total. The number of hydrogen-bond donors (Lipinski definition) is 0. The first-order chi connectivity index (χ1) is 9.81. The third-order valence-corrected chi connectivity index (χ3v) is 3.20. The minimum absolute atomic E-state index is 0.751. The molecule has 0 radical (unpaired) electrons. The maximum Gasteiger partial charge on any atom is 0.142 e. The highest BCUT2D eigenvalue weighted by Gasteiger charge is 2.00. The second kappa shape index (κ2) is 9.87. The lowest BCUT2D eigenvalue weighted by Gasteiger charge is -2.06. The number of allylic oxidation sites excluding steroid dienone is 7. The van der Waals surface area contributed by atoms with Crippen molar-refractivity contribution >= 4 is 24.1 Å². The van der Waals surface area contributed by atoms with E-state index in [2.05, 4.69) is 6.07 Å². The van der Waals surface area contributed by atoms with Gasteiger partial charge in [-0.3, -0.25) is 4.79 Å². The lowest BCUT2D eigenvalue weighted by Crippen LogP contribution is -1.86. The molecule has 0 amide bonds. The Labute approximate surface area is 124 Å². The van der Waals surface area contributed by atoms with Crippen LogP contribution in [0.2, 0.25) is 0 Å². The second-order valence-corrected chi connectivity index (χ2v) is 4.61. The largest absolute Gasteiger partial charge is 0.496 e. The number of rotatable bonds is 7. The molecule has 0 aliphatic rings. The fourth-order valence-electron chi connectivity index (χ4n) is 1.49. The zero-order valence-electron chi connectivity index (χ0n) is 11.7. The topological polar surface area (TPSA) is 26.3 Å². The Morgan fingerprint density at radius 2 is 1.65 bits per heavy atom. The number of carbonyl (C=O) groups is 1. The summed E-state index contributed by atoms with van der Waals surface area (Å²) < 4.78 is 5.28. The Hall–Kier alpha value is -2.00. The fourth-order valence-corrected chi connectivity index (χ4v) is 2.10. The standard InChI is InChI=1S/C17H18O2S/c1-19-16-12-11-15(14-17(16)20-2)10-8-6-4-3-5-7-9-13-18/h3-14H,1-2H3/b5-3+,6-4+,9-7+,10-8+. The van der Waals surface area contributed by atoms with Crippen molar-refractivity contribution in [2.24, 2.45) is 0 Å². The summed E-state index contributed by atoms with van der Waals surface area (Å²) in [5.74, 6) is 0.898. The van der Waals surface area contributed by atoms with Gasteiger partial charge in [0.2, 0.25) is 0 Å². The van der Waals surface area contributed by atoms with Crippen LogP contribution in [0.4, 0.5) is 0 Å². The normalized spacial score (nSPS) is 12.1. The molecule has 0 unspecified atom stereocenters. The van der Waals surface area contributed by atoms with E-state index in [1.165, 1.54) is 6.08 Å². The molecule has 104 valence electrons. The monoisotopic (exact) mass is 286 g/mol. The average molecular weight is 286 g/mol. The minimum Gasteiger partial charge on any atom is -0.496 e. The second-order valence-electron chi connectivity index (χ2n) is 3.76. The van der Waals surface area contributed by atoms with Gasteiger partial charge in [-0.15, -0.1) is 11.8 Å². The predicted octanol–water partition coefficient (Wildman–Crippen LogP) is 4.30. The minimum atomic E-state index is 0.751. The van der Waals surface area contributed by atoms with Gasteiger partial charge in [-0.2, -0.15) is 0 Å². The molecular weight excluding hydrogens is 268 g/mol. The maximum atomic E-state index is 10.0. The smallest absolute Gasteiger partial charge is 0.142 e. The molecule has 0 bridgehead atoms. The van der Waals surface area contributed by atoms with Crippen LogP contribution in [-0.4, -0.2) is 19.7 Å². The SMILES string of the molecule is COc1ccc(/C=C/C=C/C=C/C=C/C=O)cc1SC. The van der Waals surface area contributed by atoms with Crippen LogP contribution in [0, 0.1) is 0 Å². The summed E-state index contributed by atoms with van der Waals surface area (Å²) >= 11 is 1.66. The van der Waals surface area contributed by atoms with E-state index in [4.69, 9.17) is 4.74 Å². The van der Waals surface area contributed by atoms with Gasteiger partial charge in [-0.05, 0) is 30.0 Å². The van der Waals surface area contributed by atoms with Crippen LogP contribution in [0.3, 0.4) is 0 Å². The van der Waals surface area contributed by atoms with Crippen LogP contribution in [-0.2, 0) is 4.79 Å². The van der Waals surface area contributed by atoms with Crippen molar-refractivity contribution in [2.45, 2.75) is 4.90 Å². The van der Waals surface area contributed by atoms with E-state index in [9.17, 15) is 4.79 Å². The predicted molar refractivity (Wildman–Crippen MR) is 87.3 cm³/mol. The highest BCUT2D eigenvalue weighted by atomic mass is 32.2. The lowest BCUT2D eigenvalue weighted by atomic mass is 10.2. The van der Waals surface area contributed by atoms with E-state index in [1.807, 2.05) is 48.8 Å². The molecule has 3 heteroatoms. The van der Waals surface area contributed by atoms with Crippen molar-refractivity contribution in [1.82, 2.24) is 0 Å². The highest BCUT2D eigenvalue weighted by Crippen LogP contribution is 2.28. The first-order valence-electron chi connectivity index (χ1n) is 6.15. The van der Waals surface area contributed by atoms with E-state index in [0.29, 0.717) is 0 Å². The molecule has 0 aliphatic carbocycles. The lowest BCUT2D eigenvalue weighted by molar-refractivity contribution is -0.104. The maximum absolute atomic E-state index is 10.0. The van der Waals surface area contributed by atoms with Gasteiger partial charge in [0.1, 0.15) is 12.0 Å². The molecular formula is C17H18O2S. The molecule has 1 aromatic rings. The zero-order chi connectivity index (χ0) is 14.6. The Balaban J connectivity index is 2.62. The van der Waals surface area contributed by atoms with Crippen LogP contribution in [0.5, 0.6) is 5.75 Å². The molecule has 0 N–H and O–H groups in total. The number of hydrogen-bond acceptors (Lipinski definition) is 3. The molecule has 1 rings (SSSR count). The third-order valence-electron chi connectivity index (χ3n) is 2.44. The van der Waals surface area contributed by atoms with Crippen molar-refractivity contribution in [3.05, 3.63) is 66.3 Å². The van der Waals surface area contributed by atoms with E-state index >= 15 is 0 Å². The molecule has 0 saturated carbocycles. The highest BCUT2D eigenvalue weighted by molar-refractivity contribution is 7.98. The number of ether oxygens (including phenoxy) is 1. The van der Waals surface area contributed by atoms with Crippen molar-refractivity contribution in [1.29, 1.82) is 0 Å². The molecule has 0 heterocycles. The Bertz CT molecular complexity index is 540. The van der Waals surface area contributed by atoms with Crippen LogP contribution in [0.25, 0.3) is 6.08 Å². The van der Waals surface area contributed by atoms with Gasteiger partial charge in [-0.25, -0.2) is 0 Å². The Kier molecular flexibility index (Phi) is 7.92. The molecule has 0 aliphatic heterocycles. The van der Waals surface area contributed by atoms with Gasteiger partial charge in [0.05, 0.1) is 7.11 Å². The molecule has 0 spiro atoms. The summed E-state index contributed by atoms with van der Waals surface area (Å²) in [6.07, 6.45) is 17.4. The molecule has 1 aromatic carbocycles. The van der Waals surface area contributed by atoms with Gasteiger partial charge >= 0.3 is 0 Å². The summed E-state index contributed by atoms with van der Waals surface area (Å²) in [7, 11) is 1.68. The number of methoxy groups -OCH3 is 1. The third kappa shape index (κ3) is 5.76. The molecule has 0 aromatic heterocycles. The first kappa shape index (κ1) is 16.1. The average Bonchev–Trinajstić information content (AvgIpc) is 2.49. The van der Waals surface area contributed by atoms with Crippen LogP contribution in [0.15, 0.2) is 65.6 Å². The van der Waals surface area contributed by atoms with Crippen molar-refractivity contribution in [3.63, 3.8) is 0 Å². The van der Waals surface area contributed by atoms with Gasteiger partial charge in [0.15, 0.2) is 0 Å². The summed E-state index contributed by atoms with van der Waals surface area (Å²) in [5.41, 5.74) is 1.13. The molecule has 0 atom stereocenters. The van der Waals surface area contributed by atoms with Crippen molar-refractivity contribution in [3.8, 4) is 5.75 Å². The van der Waals surface area contributed by atoms with Gasteiger partial charge < -0.3 is 4.74 Å². The van der Waals surface area contributed by atoms with Crippen LogP contribution in [0.1, 0.15) is 5.56 Å². The number of aldehydes is 1. The number of carbonyl (C=O) groups excluding carboxylic acids is 1. The Morgan fingerprint density at radius 3 is 2.25 bits per heavy atom. The summed E-state index contributed by atoms with van der Waals surface area (Å²) in [5, 5.41) is 0. The fraction of sp³-hybridized carbons (Fsp3) is 0.118. The van der Waals surface area contributed by atoms with E-state index in [1.54, 1.807) is 31.0 Å². The van der Waals surface area contributed by atoms with E-state index in [-0.39, 0.29) is 0 Å². The summed E-state index contributed by atoms with van der Waals surface area (Å²) in [6, 6.07) is 6.08. The van der Waals surface area contributed by atoms with Crippen LogP contribution >= 0.6 is 11.8 Å². The molecule has 20 heavy (non-hydrogen) atoms. The van der Waals surface area contributed by atoms with Crippen molar-refractivity contribution in [2.75, 3.05) is 13.4 Å². The van der Waals surface area contributed by atoms with Gasteiger partial charge in [-0.1, -0.05) is 48.6 Å². The molecule has 0 fully saturated rings. The van der Waals surface area contributed by atoms with E-state index in [0.717, 1.165) is 22.5 Å². The quantitative estimate of drug-likeness (QED) is 0.323. The van der Waals surface area contributed by atoms with Crippen LogP contribution < -0.4 is 4.74 Å². The first-order valence-corrected chi connectivity index (χ1v) is 7.38. The van der Waals surface area contributed by atoms with Crippen molar-refractivity contribution < 1.29 is 9.53 Å². The number of benzene rings is 1. The summed E-state index contributed by atoms with van der Waals surface area (Å²) in [6.45, 7) is 0. The zero-order valence-corrected chi connectivity index (χ0v) is 12.5. The Morgan fingerprint density at radius 1 is 1.00 bits per heavy atom. The number of thioether (sulfide) groups is 1. The summed E-state index contributed by atoms with van der Waals surface area (Å²) in [4.78, 5) is 11.2. The van der Waals surface area contributed by atoms with Gasteiger partial charge in [0.25, 0.3) is 0 Å². The van der Waals surface area contributed by atoms with Gasteiger partial charge in [0, 0.05) is 4.90 Å². The molecule has 0 saturated heterocycles. The van der Waals surface area contributed by atoms with E-state index < -0.39 is 0 Å².